The molecule has 0 saturated carbocycles. The number of aryl methyl sites for hydroxylation is 2. The number of oxazole rings is 1. The fourth-order valence-corrected chi connectivity index (χ4v) is 3.99. The molecule has 8 heteroatoms. The molecule has 0 radical (unpaired) electrons. The zero-order chi connectivity index (χ0) is 21.0. The van der Waals surface area contributed by atoms with Crippen LogP contribution in [0.25, 0.3) is 17.1 Å². The Morgan fingerprint density at radius 1 is 1.03 bits per heavy atom. The molecule has 3 heterocycles. The summed E-state index contributed by atoms with van der Waals surface area (Å²) in [5.41, 5.74) is 2.83. The number of nitrogens with one attached hydrogen (secondary N) is 1. The Labute approximate surface area is 170 Å². The van der Waals surface area contributed by atoms with Crippen LogP contribution >= 0.6 is 0 Å². The summed E-state index contributed by atoms with van der Waals surface area (Å²) in [6, 6.07) is 14.5. The van der Waals surface area contributed by atoms with Gasteiger partial charge in [-0.1, -0.05) is 30.3 Å². The van der Waals surface area contributed by atoms with Crippen molar-refractivity contribution in [2.45, 2.75) is 26.2 Å². The van der Waals surface area contributed by atoms with Crippen LogP contribution in [0.1, 0.15) is 29.2 Å². The first-order valence-corrected chi connectivity index (χ1v) is 9.55. The van der Waals surface area contributed by atoms with E-state index in [9.17, 15) is 14.4 Å². The van der Waals surface area contributed by atoms with Crippen LogP contribution in [0.15, 0.2) is 57.7 Å². The molecule has 2 amide bonds. The molecule has 8 nitrogen and oxygen atoms in total. The molecule has 1 atom stereocenters. The highest BCUT2D eigenvalue weighted by molar-refractivity contribution is 6.23. The van der Waals surface area contributed by atoms with Crippen LogP contribution in [-0.2, 0) is 9.59 Å². The first kappa shape index (κ1) is 18.1. The molecule has 2 aromatic heterocycles. The van der Waals surface area contributed by atoms with Crippen molar-refractivity contribution < 1.29 is 14.0 Å². The SMILES string of the molecule is Cc1ccccc1N1C(=O)CC(c2c(C)[nH]n(-c3nc4ccccc4o3)c2=O)C1=O. The van der Waals surface area contributed by atoms with Gasteiger partial charge in [-0.05, 0) is 37.6 Å². The van der Waals surface area contributed by atoms with Crippen molar-refractivity contribution in [1.29, 1.82) is 0 Å². The van der Waals surface area contributed by atoms with Gasteiger partial charge in [0.15, 0.2) is 5.58 Å². The highest BCUT2D eigenvalue weighted by atomic mass is 16.4. The first-order valence-electron chi connectivity index (χ1n) is 9.55. The van der Waals surface area contributed by atoms with Crippen molar-refractivity contribution >= 4 is 28.6 Å². The van der Waals surface area contributed by atoms with Crippen LogP contribution < -0.4 is 10.5 Å². The topological polar surface area (TPSA) is 101 Å². The smallest absolute Gasteiger partial charge is 0.325 e. The molecule has 0 aliphatic carbocycles. The van der Waals surface area contributed by atoms with Gasteiger partial charge in [0, 0.05) is 12.1 Å². The highest BCUT2D eigenvalue weighted by Gasteiger charge is 2.43. The Balaban J connectivity index is 1.57. The van der Waals surface area contributed by atoms with Crippen LogP contribution in [0.3, 0.4) is 0 Å². The average Bonchev–Trinajstić information content (AvgIpc) is 3.36. The lowest BCUT2D eigenvalue weighted by Gasteiger charge is -2.17. The molecule has 1 unspecified atom stereocenters. The quantitative estimate of drug-likeness (QED) is 0.531. The lowest BCUT2D eigenvalue weighted by molar-refractivity contribution is -0.121. The molecule has 1 aliphatic heterocycles. The monoisotopic (exact) mass is 402 g/mol. The summed E-state index contributed by atoms with van der Waals surface area (Å²) in [7, 11) is 0. The number of aromatic amines is 1. The van der Waals surface area contributed by atoms with Crippen molar-refractivity contribution in [3.05, 3.63) is 75.7 Å². The summed E-state index contributed by atoms with van der Waals surface area (Å²) in [6.07, 6.45) is -0.0609. The molecule has 1 N–H and O–H groups in total. The number of fused-ring (bicyclic) bond motifs is 1. The summed E-state index contributed by atoms with van der Waals surface area (Å²) >= 11 is 0. The summed E-state index contributed by atoms with van der Waals surface area (Å²) in [5.74, 6) is -1.59. The number of carbonyl (C=O) groups excluding carboxylic acids is 2. The predicted octanol–water partition coefficient (Wildman–Crippen LogP) is 2.97. The molecule has 5 rings (SSSR count). The van der Waals surface area contributed by atoms with Gasteiger partial charge in [0.2, 0.25) is 11.8 Å². The first-order chi connectivity index (χ1) is 14.5. The number of amides is 2. The highest BCUT2D eigenvalue weighted by Crippen LogP contribution is 2.34. The van der Waals surface area contributed by atoms with Gasteiger partial charge in [-0.3, -0.25) is 19.5 Å². The summed E-state index contributed by atoms with van der Waals surface area (Å²) in [6.45, 7) is 3.54. The largest absolute Gasteiger partial charge is 0.422 e. The van der Waals surface area contributed by atoms with E-state index in [1.54, 1.807) is 31.2 Å². The standard InChI is InChI=1S/C22H18N4O4/c1-12-7-3-5-9-16(12)25-18(27)11-14(20(25)28)19-13(2)24-26(21(19)29)22-23-15-8-4-6-10-17(15)30-22/h3-10,14,24H,11H2,1-2H3. The fourth-order valence-electron chi connectivity index (χ4n) is 3.99. The van der Waals surface area contributed by atoms with Gasteiger partial charge in [-0.15, -0.1) is 0 Å². The maximum atomic E-state index is 13.2. The number of H-pyrrole nitrogens is 1. The van der Waals surface area contributed by atoms with E-state index in [0.717, 1.165) is 5.56 Å². The number of hydrogen-bond donors (Lipinski definition) is 1. The Hall–Kier alpha value is -3.94. The Kier molecular flexibility index (Phi) is 3.95. The number of imide groups is 1. The van der Waals surface area contributed by atoms with E-state index in [1.165, 1.54) is 9.58 Å². The van der Waals surface area contributed by atoms with Crippen LogP contribution in [0, 0.1) is 13.8 Å². The molecule has 1 aliphatic rings. The summed E-state index contributed by atoms with van der Waals surface area (Å²) < 4.78 is 6.86. The third-order valence-corrected chi connectivity index (χ3v) is 5.44. The number of aromatic nitrogens is 3. The number of benzene rings is 2. The minimum absolute atomic E-state index is 0.0609. The lowest BCUT2D eigenvalue weighted by Crippen LogP contribution is -2.31. The maximum Gasteiger partial charge on any atom is 0.325 e. The van der Waals surface area contributed by atoms with E-state index in [0.29, 0.717) is 22.5 Å². The molecule has 30 heavy (non-hydrogen) atoms. The molecule has 2 aromatic carbocycles. The van der Waals surface area contributed by atoms with Gasteiger partial charge in [0.1, 0.15) is 5.52 Å². The van der Waals surface area contributed by atoms with Gasteiger partial charge in [-0.25, -0.2) is 4.90 Å². The zero-order valence-corrected chi connectivity index (χ0v) is 16.4. The second kappa shape index (κ2) is 6.55. The number of hydrogen-bond acceptors (Lipinski definition) is 5. The molecule has 1 fully saturated rings. The Morgan fingerprint density at radius 2 is 1.77 bits per heavy atom. The second-order valence-corrected chi connectivity index (χ2v) is 7.37. The number of para-hydroxylation sites is 3. The number of rotatable bonds is 3. The molecular weight excluding hydrogens is 384 g/mol. The van der Waals surface area contributed by atoms with Crippen LogP contribution in [0.5, 0.6) is 0 Å². The van der Waals surface area contributed by atoms with Crippen LogP contribution in [-0.4, -0.2) is 26.6 Å². The minimum atomic E-state index is -0.855. The maximum absolute atomic E-state index is 13.2. The Morgan fingerprint density at radius 3 is 2.53 bits per heavy atom. The van der Waals surface area contributed by atoms with Gasteiger partial charge in [-0.2, -0.15) is 9.67 Å². The van der Waals surface area contributed by atoms with Crippen LogP contribution in [0.4, 0.5) is 5.69 Å². The van der Waals surface area contributed by atoms with Gasteiger partial charge >= 0.3 is 6.01 Å². The average molecular weight is 402 g/mol. The van der Waals surface area contributed by atoms with Crippen molar-refractivity contribution in [1.82, 2.24) is 14.8 Å². The number of nitrogens with zero attached hydrogens (tertiary/aromatic N) is 3. The van der Waals surface area contributed by atoms with E-state index in [4.69, 9.17) is 4.42 Å². The molecule has 150 valence electrons. The van der Waals surface area contributed by atoms with Gasteiger partial charge < -0.3 is 4.42 Å². The van der Waals surface area contributed by atoms with Crippen LogP contribution in [0.2, 0.25) is 0 Å². The molecule has 0 bridgehead atoms. The van der Waals surface area contributed by atoms with E-state index >= 15 is 0 Å². The van der Waals surface area contributed by atoms with E-state index in [-0.39, 0.29) is 23.9 Å². The number of anilines is 1. The molecule has 1 saturated heterocycles. The molecule has 0 spiro atoms. The summed E-state index contributed by atoms with van der Waals surface area (Å²) in [5, 5.41) is 2.93. The van der Waals surface area contributed by atoms with Crippen molar-refractivity contribution in [2.24, 2.45) is 0 Å². The third kappa shape index (κ3) is 2.61. The summed E-state index contributed by atoms with van der Waals surface area (Å²) in [4.78, 5) is 44.5. The van der Waals surface area contributed by atoms with E-state index < -0.39 is 17.4 Å². The van der Waals surface area contributed by atoms with E-state index in [1.807, 2.05) is 31.2 Å². The Bertz CT molecular complexity index is 1340. The fraction of sp³-hybridized carbons (Fsp3) is 0.182. The van der Waals surface area contributed by atoms with Gasteiger partial charge in [0.05, 0.1) is 17.2 Å². The lowest BCUT2D eigenvalue weighted by atomic mass is 9.98. The number of carbonyl (C=O) groups is 2. The normalized spacial score (nSPS) is 16.7. The van der Waals surface area contributed by atoms with Gasteiger partial charge in [0.25, 0.3) is 5.56 Å². The molecular formula is C22H18N4O4. The van der Waals surface area contributed by atoms with E-state index in [2.05, 4.69) is 10.1 Å². The second-order valence-electron chi connectivity index (χ2n) is 7.37. The minimum Gasteiger partial charge on any atom is -0.422 e. The van der Waals surface area contributed by atoms with Crippen molar-refractivity contribution in [3.63, 3.8) is 0 Å². The third-order valence-electron chi connectivity index (χ3n) is 5.44. The predicted molar refractivity (Wildman–Crippen MR) is 110 cm³/mol. The molecule has 4 aromatic rings. The zero-order valence-electron chi connectivity index (χ0n) is 16.4. The van der Waals surface area contributed by atoms with Crippen molar-refractivity contribution in [2.75, 3.05) is 4.90 Å². The van der Waals surface area contributed by atoms with Crippen molar-refractivity contribution in [3.8, 4) is 6.01 Å².